The molecule has 0 N–H and O–H groups in total. The molecule has 0 aliphatic carbocycles. The van der Waals surface area contributed by atoms with Gasteiger partial charge in [-0.15, -0.1) is 0 Å². The minimum absolute atomic E-state index is 0.372. The summed E-state index contributed by atoms with van der Waals surface area (Å²) in [6, 6.07) is 0. The fraction of sp³-hybridized carbons (Fsp3) is 0.500. The van der Waals surface area contributed by atoms with Crippen molar-refractivity contribution in [3.05, 3.63) is 12.3 Å². The van der Waals surface area contributed by atoms with E-state index in [9.17, 15) is 4.79 Å². The van der Waals surface area contributed by atoms with Gasteiger partial charge in [0.1, 0.15) is 5.25 Å². The van der Waals surface area contributed by atoms with Crippen LogP contribution in [-0.2, 0) is 9.53 Å². The number of hydrogen-bond acceptors (Lipinski definition) is 2. The molecule has 0 aromatic carbocycles. The van der Waals surface area contributed by atoms with Crippen LogP contribution in [0.5, 0.6) is 0 Å². The maximum atomic E-state index is 10.5. The van der Waals surface area contributed by atoms with E-state index in [1.807, 2.05) is 0 Å². The highest BCUT2D eigenvalue weighted by Crippen LogP contribution is 1.95. The van der Waals surface area contributed by atoms with Crippen molar-refractivity contribution in [3.8, 4) is 0 Å². The Morgan fingerprint density at radius 3 is 2.67 bits per heavy atom. The molecule has 0 bridgehead atoms. The summed E-state index contributed by atoms with van der Waals surface area (Å²) >= 11 is 4.61. The van der Waals surface area contributed by atoms with E-state index in [4.69, 9.17) is 0 Å². The van der Waals surface area contributed by atoms with Crippen LogP contribution in [0.15, 0.2) is 12.3 Å². The van der Waals surface area contributed by atoms with Crippen LogP contribution in [0.3, 0.4) is 0 Å². The molecule has 3 heteroatoms. The van der Waals surface area contributed by atoms with Crippen LogP contribution in [0.2, 0.25) is 0 Å². The number of rotatable bonds is 2. The second-order valence-electron chi connectivity index (χ2n) is 1.55. The molecule has 0 aromatic rings. The summed E-state index contributed by atoms with van der Waals surface area (Å²) in [6.45, 7) is 3.38. The highest BCUT2D eigenvalue weighted by molar-refractivity contribution is 7.81. The van der Waals surface area contributed by atoms with Gasteiger partial charge in [0.2, 0.25) is 0 Å². The van der Waals surface area contributed by atoms with Crippen molar-refractivity contribution < 1.29 is 9.53 Å². The van der Waals surface area contributed by atoms with Gasteiger partial charge >= 0.3 is 5.97 Å². The lowest BCUT2D eigenvalue weighted by Crippen LogP contribution is -2.10. The Hall–Kier alpha value is -0.440. The lowest BCUT2D eigenvalue weighted by molar-refractivity contribution is -0.137. The van der Waals surface area contributed by atoms with Gasteiger partial charge < -0.3 is 4.74 Å². The van der Waals surface area contributed by atoms with Crippen molar-refractivity contribution in [2.45, 2.75) is 19.1 Å². The molecule has 0 aliphatic rings. The number of hydrogen-bond donors (Lipinski definition) is 0. The first-order valence-electron chi connectivity index (χ1n) is 2.66. The molecule has 0 aromatic heterocycles. The van der Waals surface area contributed by atoms with Crippen molar-refractivity contribution in [2.75, 3.05) is 0 Å². The average Bonchev–Trinajstić information content (AvgIpc) is 1.82. The first-order valence-corrected chi connectivity index (χ1v) is 3.13. The summed E-state index contributed by atoms with van der Waals surface area (Å²) in [7, 11) is 0. The molecule has 0 rings (SSSR count). The summed E-state index contributed by atoms with van der Waals surface area (Å²) in [4.78, 5) is 10.5. The first-order chi connectivity index (χ1) is 4.18. The maximum absolute atomic E-state index is 10.5. The molecule has 0 amide bonds. The second kappa shape index (κ2) is 4.44. The summed E-state index contributed by atoms with van der Waals surface area (Å²) in [5, 5.41) is -0.457. The predicted molar refractivity (Wildman–Crippen MR) is 38.0 cm³/mol. The number of ether oxygens (including phenoxy) is 1. The highest BCUT2D eigenvalue weighted by atomic mass is 32.1. The zero-order valence-electron chi connectivity index (χ0n) is 5.46. The number of carbonyl (C=O) groups is 1. The molecule has 0 saturated heterocycles. The van der Waals surface area contributed by atoms with Crippen molar-refractivity contribution >= 4 is 18.6 Å². The third kappa shape index (κ3) is 4.09. The molecule has 0 spiro atoms. The lowest BCUT2D eigenvalue weighted by Gasteiger charge is -1.97. The third-order valence-electron chi connectivity index (χ3n) is 0.652. The number of esters is 1. The minimum Gasteiger partial charge on any atom is -0.434 e. The molecule has 2 nitrogen and oxygen atoms in total. The minimum atomic E-state index is -0.457. The van der Waals surface area contributed by atoms with E-state index in [-0.39, 0.29) is 5.97 Å². The lowest BCUT2D eigenvalue weighted by atomic mass is 10.5. The molecule has 0 saturated carbocycles. The molecule has 9 heavy (non-hydrogen) atoms. The van der Waals surface area contributed by atoms with Gasteiger partial charge in [-0.1, -0.05) is 18.7 Å². The summed E-state index contributed by atoms with van der Waals surface area (Å²) in [5.74, 6) is -0.372. The van der Waals surface area contributed by atoms with Gasteiger partial charge in [0.25, 0.3) is 0 Å². The van der Waals surface area contributed by atoms with Gasteiger partial charge in [0.15, 0.2) is 0 Å². The van der Waals surface area contributed by atoms with Crippen LogP contribution in [0.25, 0.3) is 0 Å². The summed E-state index contributed by atoms with van der Waals surface area (Å²) < 4.78 is 4.53. The molecule has 1 radical (unpaired) electrons. The van der Waals surface area contributed by atoms with Crippen LogP contribution >= 0.6 is 12.6 Å². The van der Waals surface area contributed by atoms with E-state index >= 15 is 0 Å². The Bertz CT molecular complexity index is 118. The van der Waals surface area contributed by atoms with E-state index in [1.54, 1.807) is 19.9 Å². The van der Waals surface area contributed by atoms with E-state index in [0.29, 0.717) is 0 Å². The molecular weight excluding hydrogens is 136 g/mol. The topological polar surface area (TPSA) is 26.3 Å². The van der Waals surface area contributed by atoms with Crippen LogP contribution in [0, 0.1) is 0 Å². The molecule has 0 heterocycles. The van der Waals surface area contributed by atoms with Gasteiger partial charge in [0, 0.05) is 0 Å². The summed E-state index contributed by atoms with van der Waals surface area (Å²) in [5.41, 5.74) is 0. The van der Waals surface area contributed by atoms with E-state index in [2.05, 4.69) is 17.4 Å². The Balaban J connectivity index is 3.51. The number of carbonyl (C=O) groups excluding carboxylic acids is 1. The first kappa shape index (κ1) is 8.56. The SMILES string of the molecule is C/C=C\OC(=O)C(C)[S]. The Kier molecular flexibility index (Phi) is 4.22. The standard InChI is InChI=1S/C6H9O2S/c1-3-4-8-6(7)5(2)9/h3-5H,1-2H3/b4-3-. The molecule has 0 fully saturated rings. The smallest absolute Gasteiger partial charge is 0.324 e. The van der Waals surface area contributed by atoms with Gasteiger partial charge in [0.05, 0.1) is 6.26 Å². The molecule has 1 atom stereocenters. The third-order valence-corrected chi connectivity index (χ3v) is 0.845. The van der Waals surface area contributed by atoms with E-state index < -0.39 is 5.25 Å². The van der Waals surface area contributed by atoms with Crippen molar-refractivity contribution in [1.82, 2.24) is 0 Å². The van der Waals surface area contributed by atoms with Crippen LogP contribution < -0.4 is 0 Å². The normalized spacial score (nSPS) is 13.7. The molecule has 1 unspecified atom stereocenters. The predicted octanol–water partition coefficient (Wildman–Crippen LogP) is 1.65. The average molecular weight is 145 g/mol. The molecular formula is C6H9O2S. The van der Waals surface area contributed by atoms with Gasteiger partial charge in [-0.25, -0.2) is 0 Å². The monoisotopic (exact) mass is 145 g/mol. The van der Waals surface area contributed by atoms with E-state index in [1.165, 1.54) is 6.26 Å². The van der Waals surface area contributed by atoms with Crippen LogP contribution in [-0.4, -0.2) is 11.2 Å². The zero-order chi connectivity index (χ0) is 7.28. The number of allylic oxidation sites excluding steroid dienone is 1. The van der Waals surface area contributed by atoms with Crippen molar-refractivity contribution in [3.63, 3.8) is 0 Å². The van der Waals surface area contributed by atoms with Crippen molar-refractivity contribution in [1.29, 1.82) is 0 Å². The van der Waals surface area contributed by atoms with Crippen LogP contribution in [0.1, 0.15) is 13.8 Å². The quantitative estimate of drug-likeness (QED) is 0.436. The highest BCUT2D eigenvalue weighted by Gasteiger charge is 2.06. The largest absolute Gasteiger partial charge is 0.434 e. The second-order valence-corrected chi connectivity index (χ2v) is 2.26. The zero-order valence-corrected chi connectivity index (χ0v) is 6.27. The van der Waals surface area contributed by atoms with Gasteiger partial charge in [-0.3, -0.25) is 4.79 Å². The molecule has 0 aliphatic heterocycles. The fourth-order valence-corrected chi connectivity index (χ4v) is 0.286. The van der Waals surface area contributed by atoms with Crippen molar-refractivity contribution in [2.24, 2.45) is 0 Å². The van der Waals surface area contributed by atoms with E-state index in [0.717, 1.165) is 0 Å². The summed E-state index contributed by atoms with van der Waals surface area (Å²) in [6.07, 6.45) is 2.96. The van der Waals surface area contributed by atoms with Gasteiger partial charge in [-0.05, 0) is 13.8 Å². The fourth-order valence-electron chi connectivity index (χ4n) is 0.231. The Morgan fingerprint density at radius 1 is 1.78 bits per heavy atom. The Labute approximate surface area is 60.3 Å². The maximum Gasteiger partial charge on any atom is 0.324 e. The van der Waals surface area contributed by atoms with Gasteiger partial charge in [-0.2, -0.15) is 0 Å². The molecule has 51 valence electrons. The van der Waals surface area contributed by atoms with Crippen LogP contribution in [0.4, 0.5) is 0 Å². The Morgan fingerprint density at radius 2 is 2.33 bits per heavy atom.